The van der Waals surface area contributed by atoms with Gasteiger partial charge in [-0.15, -0.1) is 5.10 Å². The number of methoxy groups -OCH3 is 1. The first-order valence-corrected chi connectivity index (χ1v) is 9.73. The van der Waals surface area contributed by atoms with Gasteiger partial charge in [-0.1, -0.05) is 25.0 Å². The Morgan fingerprint density at radius 1 is 1.11 bits per heavy atom. The zero-order chi connectivity index (χ0) is 19.7. The van der Waals surface area contributed by atoms with Gasteiger partial charge in [-0.25, -0.2) is 9.50 Å². The molecule has 3 heterocycles. The summed E-state index contributed by atoms with van der Waals surface area (Å²) in [5.41, 5.74) is 2.89. The molecule has 0 radical (unpaired) electrons. The number of carbonyl (C=O) groups excluding carboxylic acids is 1. The van der Waals surface area contributed by atoms with Crippen molar-refractivity contribution in [2.24, 2.45) is 0 Å². The Morgan fingerprint density at radius 2 is 1.89 bits per heavy atom. The van der Waals surface area contributed by atoms with E-state index in [1.165, 1.54) is 0 Å². The van der Waals surface area contributed by atoms with E-state index < -0.39 is 0 Å². The molecule has 2 aromatic heterocycles. The highest BCUT2D eigenvalue weighted by Crippen LogP contribution is 2.32. The lowest BCUT2D eigenvalue weighted by Gasteiger charge is -2.29. The van der Waals surface area contributed by atoms with Crippen molar-refractivity contribution in [1.82, 2.24) is 24.5 Å². The largest absolute Gasteiger partial charge is 0.497 e. The highest BCUT2D eigenvalue weighted by atomic mass is 16.5. The van der Waals surface area contributed by atoms with Crippen LogP contribution in [0.5, 0.6) is 5.75 Å². The topological polar surface area (TPSA) is 72.6 Å². The molecule has 7 heteroatoms. The van der Waals surface area contributed by atoms with E-state index >= 15 is 0 Å². The van der Waals surface area contributed by atoms with Crippen LogP contribution in [0.1, 0.15) is 59.3 Å². The second kappa shape index (κ2) is 7.58. The number of benzene rings is 1. The molecule has 1 atom stereocenters. The van der Waals surface area contributed by atoms with E-state index in [1.807, 2.05) is 49.1 Å². The Kier molecular flexibility index (Phi) is 4.98. The molecule has 1 amide bonds. The van der Waals surface area contributed by atoms with Crippen molar-refractivity contribution < 1.29 is 9.53 Å². The number of ether oxygens (including phenoxy) is 1. The number of amides is 1. The predicted octanol–water partition coefficient (Wildman–Crippen LogP) is 3.51. The van der Waals surface area contributed by atoms with Crippen molar-refractivity contribution >= 4 is 11.7 Å². The number of rotatable bonds is 3. The van der Waals surface area contributed by atoms with Crippen molar-refractivity contribution in [3.05, 3.63) is 53.1 Å². The SMILES string of the molecule is COc1ccc([C@H]2CCCCCN2C(=O)c2nc3nc(C)cc(C)n3n2)cc1. The Morgan fingerprint density at radius 3 is 2.64 bits per heavy atom. The maximum absolute atomic E-state index is 13.4. The van der Waals surface area contributed by atoms with Crippen LogP contribution in [-0.2, 0) is 0 Å². The van der Waals surface area contributed by atoms with Gasteiger partial charge in [0.2, 0.25) is 5.82 Å². The lowest BCUT2D eigenvalue weighted by atomic mass is 10.0. The quantitative estimate of drug-likeness (QED) is 0.696. The van der Waals surface area contributed by atoms with Gasteiger partial charge < -0.3 is 9.64 Å². The van der Waals surface area contributed by atoms with Crippen LogP contribution in [0.4, 0.5) is 0 Å². The first-order valence-electron chi connectivity index (χ1n) is 9.73. The smallest absolute Gasteiger partial charge is 0.294 e. The summed E-state index contributed by atoms with van der Waals surface area (Å²) in [6.07, 6.45) is 4.14. The van der Waals surface area contributed by atoms with Crippen LogP contribution in [0.2, 0.25) is 0 Å². The van der Waals surface area contributed by atoms with Gasteiger partial charge in [-0.2, -0.15) is 4.98 Å². The van der Waals surface area contributed by atoms with E-state index in [9.17, 15) is 4.79 Å². The van der Waals surface area contributed by atoms with E-state index in [0.29, 0.717) is 12.3 Å². The summed E-state index contributed by atoms with van der Waals surface area (Å²) in [5, 5.41) is 4.45. The highest BCUT2D eigenvalue weighted by Gasteiger charge is 2.30. The average molecular weight is 379 g/mol. The number of fused-ring (bicyclic) bond motifs is 1. The number of likely N-dealkylation sites (tertiary alicyclic amines) is 1. The lowest BCUT2D eigenvalue weighted by Crippen LogP contribution is -2.35. The summed E-state index contributed by atoms with van der Waals surface area (Å²) >= 11 is 0. The zero-order valence-electron chi connectivity index (χ0n) is 16.6. The van der Waals surface area contributed by atoms with Crippen molar-refractivity contribution in [3.63, 3.8) is 0 Å². The van der Waals surface area contributed by atoms with Crippen LogP contribution in [0, 0.1) is 13.8 Å². The fraction of sp³-hybridized carbons (Fsp3) is 0.429. The number of hydrogen-bond donors (Lipinski definition) is 0. The third kappa shape index (κ3) is 3.44. The minimum absolute atomic E-state index is 0.0170. The van der Waals surface area contributed by atoms with Crippen molar-refractivity contribution in [2.45, 2.75) is 45.6 Å². The minimum atomic E-state index is -0.134. The maximum atomic E-state index is 13.4. The highest BCUT2D eigenvalue weighted by molar-refractivity contribution is 5.91. The number of aromatic nitrogens is 4. The predicted molar refractivity (Wildman–Crippen MR) is 105 cm³/mol. The summed E-state index contributed by atoms with van der Waals surface area (Å²) in [7, 11) is 1.66. The van der Waals surface area contributed by atoms with Gasteiger partial charge >= 0.3 is 0 Å². The summed E-state index contributed by atoms with van der Waals surface area (Å²) in [5.74, 6) is 1.36. The van der Waals surface area contributed by atoms with Gasteiger partial charge in [0.05, 0.1) is 13.2 Å². The van der Waals surface area contributed by atoms with Gasteiger partial charge in [-0.05, 0) is 50.5 Å². The van der Waals surface area contributed by atoms with Crippen LogP contribution in [0.25, 0.3) is 5.78 Å². The molecule has 4 rings (SSSR count). The normalized spacial score (nSPS) is 17.5. The third-order valence-electron chi connectivity index (χ3n) is 5.32. The van der Waals surface area contributed by atoms with E-state index in [-0.39, 0.29) is 17.8 Å². The molecule has 0 aliphatic carbocycles. The van der Waals surface area contributed by atoms with Crippen LogP contribution < -0.4 is 4.74 Å². The van der Waals surface area contributed by atoms with Gasteiger partial charge in [0.15, 0.2) is 0 Å². The van der Waals surface area contributed by atoms with Gasteiger partial charge in [-0.3, -0.25) is 4.79 Å². The average Bonchev–Trinajstić information content (AvgIpc) is 2.97. The van der Waals surface area contributed by atoms with E-state index in [0.717, 1.165) is 48.4 Å². The van der Waals surface area contributed by atoms with E-state index in [1.54, 1.807) is 11.6 Å². The minimum Gasteiger partial charge on any atom is -0.497 e. The number of hydrogen-bond acceptors (Lipinski definition) is 5. The van der Waals surface area contributed by atoms with Crippen LogP contribution in [0.15, 0.2) is 30.3 Å². The molecular weight excluding hydrogens is 354 g/mol. The summed E-state index contributed by atoms with van der Waals surface area (Å²) < 4.78 is 6.91. The summed E-state index contributed by atoms with van der Waals surface area (Å²) in [6, 6.07) is 9.93. The Bertz CT molecular complexity index is 996. The van der Waals surface area contributed by atoms with Crippen molar-refractivity contribution in [3.8, 4) is 5.75 Å². The molecule has 1 aliphatic heterocycles. The molecule has 3 aromatic rings. The molecule has 1 saturated heterocycles. The summed E-state index contributed by atoms with van der Waals surface area (Å²) in [6.45, 7) is 4.56. The molecule has 1 aliphatic rings. The van der Waals surface area contributed by atoms with Gasteiger partial charge in [0, 0.05) is 17.9 Å². The second-order valence-electron chi connectivity index (χ2n) is 7.32. The molecule has 0 unspecified atom stereocenters. The first-order chi connectivity index (χ1) is 13.6. The molecule has 7 nitrogen and oxygen atoms in total. The number of carbonyl (C=O) groups is 1. The molecule has 1 aromatic carbocycles. The zero-order valence-corrected chi connectivity index (χ0v) is 16.6. The molecule has 0 spiro atoms. The fourth-order valence-electron chi connectivity index (χ4n) is 3.91. The van der Waals surface area contributed by atoms with Crippen molar-refractivity contribution in [2.75, 3.05) is 13.7 Å². The first kappa shape index (κ1) is 18.4. The van der Waals surface area contributed by atoms with E-state index in [2.05, 4.69) is 15.1 Å². The third-order valence-corrected chi connectivity index (χ3v) is 5.32. The van der Waals surface area contributed by atoms with Crippen LogP contribution in [0.3, 0.4) is 0 Å². The molecule has 0 bridgehead atoms. The fourth-order valence-corrected chi connectivity index (χ4v) is 3.91. The van der Waals surface area contributed by atoms with Crippen molar-refractivity contribution in [1.29, 1.82) is 0 Å². The Balaban J connectivity index is 1.69. The number of aryl methyl sites for hydroxylation is 2. The lowest BCUT2D eigenvalue weighted by molar-refractivity contribution is 0.0668. The molecule has 28 heavy (non-hydrogen) atoms. The van der Waals surface area contributed by atoms with Crippen LogP contribution >= 0.6 is 0 Å². The molecule has 1 fully saturated rings. The molecule has 146 valence electrons. The Hall–Kier alpha value is -2.96. The van der Waals surface area contributed by atoms with E-state index in [4.69, 9.17) is 4.74 Å². The number of nitrogens with zero attached hydrogens (tertiary/aromatic N) is 5. The molecular formula is C21H25N5O2. The summed E-state index contributed by atoms with van der Waals surface area (Å²) in [4.78, 5) is 24.1. The molecule has 0 N–H and O–H groups in total. The standard InChI is InChI=1S/C21H25N5O2/c1-14-13-15(2)26-21(22-14)23-19(24-26)20(27)25-12-6-4-5-7-18(25)16-8-10-17(28-3)11-9-16/h8-11,13,18H,4-7,12H2,1-3H3/t18-/m1/s1. The van der Waals surface area contributed by atoms with Gasteiger partial charge in [0.1, 0.15) is 5.75 Å². The second-order valence-corrected chi connectivity index (χ2v) is 7.32. The van der Waals surface area contributed by atoms with Crippen LogP contribution in [-0.4, -0.2) is 44.0 Å². The Labute approximate surface area is 164 Å². The monoisotopic (exact) mass is 379 g/mol. The maximum Gasteiger partial charge on any atom is 0.294 e. The van der Waals surface area contributed by atoms with Gasteiger partial charge in [0.25, 0.3) is 11.7 Å². The molecule has 0 saturated carbocycles.